The van der Waals surface area contributed by atoms with Gasteiger partial charge in [0.05, 0.1) is 10.3 Å². The van der Waals surface area contributed by atoms with Gasteiger partial charge in [-0.1, -0.05) is 30.3 Å². The first-order valence-corrected chi connectivity index (χ1v) is 10.1. The lowest BCUT2D eigenvalue weighted by Gasteiger charge is -2.23. The smallest absolute Gasteiger partial charge is 0.207 e. The van der Waals surface area contributed by atoms with Crippen molar-refractivity contribution in [2.24, 2.45) is 0 Å². The van der Waals surface area contributed by atoms with Crippen molar-refractivity contribution < 1.29 is 8.42 Å². The predicted octanol–water partition coefficient (Wildman–Crippen LogP) is 3.73. The van der Waals surface area contributed by atoms with Crippen molar-refractivity contribution in [2.45, 2.75) is 10.3 Å². The van der Waals surface area contributed by atoms with Gasteiger partial charge in [0, 0.05) is 15.9 Å². The first-order chi connectivity index (χ1) is 10.1. The van der Waals surface area contributed by atoms with Crippen LogP contribution in [0, 0.1) is 3.57 Å². The molecule has 0 saturated carbocycles. The molecule has 3 nitrogen and oxygen atoms in total. The van der Waals surface area contributed by atoms with Crippen LogP contribution in [0.2, 0.25) is 0 Å². The fourth-order valence-corrected chi connectivity index (χ4v) is 5.92. The molecule has 0 aliphatic carbocycles. The van der Waals surface area contributed by atoms with Gasteiger partial charge < -0.3 is 0 Å². The Morgan fingerprint density at radius 2 is 1.71 bits per heavy atom. The van der Waals surface area contributed by atoms with Gasteiger partial charge in [0.15, 0.2) is 0 Å². The van der Waals surface area contributed by atoms with Crippen molar-refractivity contribution in [2.75, 3.05) is 12.3 Å². The number of halogens is 1. The standard InChI is InChI=1S/C15H14INO2S2/c16-13-6-8-14(9-7-13)21(18,19)17-10-11-20-15(17)12-4-2-1-3-5-12/h1-9,15H,10-11H2/t15-/m1/s1. The van der Waals surface area contributed by atoms with Crippen LogP contribution in [0.15, 0.2) is 59.5 Å². The fraction of sp³-hybridized carbons (Fsp3) is 0.200. The zero-order chi connectivity index (χ0) is 14.9. The minimum absolute atomic E-state index is 0.129. The molecule has 1 saturated heterocycles. The molecule has 0 N–H and O–H groups in total. The third-order valence-electron chi connectivity index (χ3n) is 3.35. The van der Waals surface area contributed by atoms with Gasteiger partial charge in [0.2, 0.25) is 10.0 Å². The van der Waals surface area contributed by atoms with Crippen LogP contribution in [0.25, 0.3) is 0 Å². The van der Waals surface area contributed by atoms with E-state index < -0.39 is 10.0 Å². The van der Waals surface area contributed by atoms with E-state index in [2.05, 4.69) is 22.6 Å². The van der Waals surface area contributed by atoms with Gasteiger partial charge in [-0.2, -0.15) is 4.31 Å². The lowest BCUT2D eigenvalue weighted by atomic mass is 10.2. The molecule has 1 aliphatic heterocycles. The topological polar surface area (TPSA) is 37.4 Å². The van der Waals surface area contributed by atoms with Gasteiger partial charge in [-0.05, 0) is 52.4 Å². The normalized spacial score (nSPS) is 19.8. The maximum atomic E-state index is 12.8. The summed E-state index contributed by atoms with van der Waals surface area (Å²) in [7, 11) is -3.44. The minimum atomic E-state index is -3.44. The third-order valence-corrected chi connectivity index (χ3v) is 7.35. The quantitative estimate of drug-likeness (QED) is 0.696. The number of benzene rings is 2. The van der Waals surface area contributed by atoms with E-state index in [0.29, 0.717) is 11.4 Å². The maximum absolute atomic E-state index is 12.8. The molecule has 1 fully saturated rings. The Labute approximate surface area is 142 Å². The van der Waals surface area contributed by atoms with E-state index in [0.717, 1.165) is 14.9 Å². The van der Waals surface area contributed by atoms with Gasteiger partial charge in [0.1, 0.15) is 0 Å². The van der Waals surface area contributed by atoms with Crippen molar-refractivity contribution in [1.29, 1.82) is 0 Å². The van der Waals surface area contributed by atoms with Gasteiger partial charge in [-0.3, -0.25) is 0 Å². The first-order valence-electron chi connectivity index (χ1n) is 6.53. The van der Waals surface area contributed by atoms with E-state index in [-0.39, 0.29) is 5.37 Å². The van der Waals surface area contributed by atoms with Crippen LogP contribution in [0.4, 0.5) is 0 Å². The van der Waals surface area contributed by atoms with Crippen molar-refractivity contribution in [3.8, 4) is 0 Å². The summed E-state index contributed by atoms with van der Waals surface area (Å²) < 4.78 is 28.3. The van der Waals surface area contributed by atoms with Crippen LogP contribution >= 0.6 is 34.4 Å². The monoisotopic (exact) mass is 431 g/mol. The number of thioether (sulfide) groups is 1. The molecule has 0 aromatic heterocycles. The van der Waals surface area contributed by atoms with E-state index in [1.54, 1.807) is 28.2 Å². The SMILES string of the molecule is O=S(=O)(c1ccc(I)cc1)N1CCS[C@@H]1c1ccccc1. The molecule has 110 valence electrons. The van der Waals surface area contributed by atoms with E-state index in [9.17, 15) is 8.42 Å². The van der Waals surface area contributed by atoms with E-state index >= 15 is 0 Å². The summed E-state index contributed by atoms with van der Waals surface area (Å²) in [6, 6.07) is 16.8. The number of hydrogen-bond donors (Lipinski definition) is 0. The van der Waals surface area contributed by atoms with E-state index in [1.807, 2.05) is 42.5 Å². The molecular weight excluding hydrogens is 417 g/mol. The van der Waals surface area contributed by atoms with Crippen LogP contribution < -0.4 is 0 Å². The molecular formula is C15H14INO2S2. The zero-order valence-electron chi connectivity index (χ0n) is 11.1. The molecule has 21 heavy (non-hydrogen) atoms. The maximum Gasteiger partial charge on any atom is 0.244 e. The molecule has 0 amide bonds. The van der Waals surface area contributed by atoms with Gasteiger partial charge in [-0.15, -0.1) is 11.8 Å². The number of nitrogens with zero attached hydrogens (tertiary/aromatic N) is 1. The molecule has 0 bridgehead atoms. The molecule has 0 radical (unpaired) electrons. The summed E-state index contributed by atoms with van der Waals surface area (Å²) in [4.78, 5) is 0.367. The van der Waals surface area contributed by atoms with E-state index in [1.165, 1.54) is 0 Å². The van der Waals surface area contributed by atoms with Crippen LogP contribution in [-0.2, 0) is 10.0 Å². The Bertz CT molecular complexity index is 717. The second-order valence-corrected chi connectivity index (χ2v) is 9.03. The second kappa shape index (κ2) is 6.28. The fourth-order valence-electron chi connectivity index (χ4n) is 2.32. The highest BCUT2D eigenvalue weighted by Gasteiger charge is 2.36. The molecule has 1 atom stereocenters. The molecule has 2 aromatic rings. The second-order valence-electron chi connectivity index (χ2n) is 4.70. The molecule has 3 rings (SSSR count). The predicted molar refractivity (Wildman–Crippen MR) is 94.7 cm³/mol. The van der Waals surface area contributed by atoms with Crippen LogP contribution in [0.1, 0.15) is 10.9 Å². The highest BCUT2D eigenvalue weighted by molar-refractivity contribution is 14.1. The summed E-state index contributed by atoms with van der Waals surface area (Å²) in [6.07, 6.45) is 0. The number of hydrogen-bond acceptors (Lipinski definition) is 3. The molecule has 2 aromatic carbocycles. The average molecular weight is 431 g/mol. The Kier molecular flexibility index (Phi) is 4.58. The van der Waals surface area contributed by atoms with Crippen LogP contribution in [0.5, 0.6) is 0 Å². The Morgan fingerprint density at radius 1 is 1.05 bits per heavy atom. The Hall–Kier alpha value is -0.570. The van der Waals surface area contributed by atoms with Crippen LogP contribution in [0.3, 0.4) is 0 Å². The van der Waals surface area contributed by atoms with E-state index in [4.69, 9.17) is 0 Å². The Morgan fingerprint density at radius 3 is 2.38 bits per heavy atom. The Balaban J connectivity index is 1.96. The lowest BCUT2D eigenvalue weighted by Crippen LogP contribution is -2.30. The molecule has 1 heterocycles. The van der Waals surface area contributed by atoms with Gasteiger partial charge in [0.25, 0.3) is 0 Å². The first kappa shape index (κ1) is 15.3. The van der Waals surface area contributed by atoms with Crippen molar-refractivity contribution in [3.05, 3.63) is 63.7 Å². The highest BCUT2D eigenvalue weighted by Crippen LogP contribution is 2.41. The molecule has 0 unspecified atom stereocenters. The van der Waals surface area contributed by atoms with Crippen molar-refractivity contribution in [1.82, 2.24) is 4.31 Å². The highest BCUT2D eigenvalue weighted by atomic mass is 127. The zero-order valence-corrected chi connectivity index (χ0v) is 14.9. The molecule has 6 heteroatoms. The van der Waals surface area contributed by atoms with Crippen molar-refractivity contribution >= 4 is 44.4 Å². The largest absolute Gasteiger partial charge is 0.244 e. The van der Waals surface area contributed by atoms with Gasteiger partial charge in [-0.25, -0.2) is 8.42 Å². The van der Waals surface area contributed by atoms with Gasteiger partial charge >= 0.3 is 0 Å². The van der Waals surface area contributed by atoms with Crippen LogP contribution in [-0.4, -0.2) is 25.0 Å². The minimum Gasteiger partial charge on any atom is -0.207 e. The lowest BCUT2D eigenvalue weighted by molar-refractivity contribution is 0.434. The average Bonchev–Trinajstić information content (AvgIpc) is 2.99. The molecule has 1 aliphatic rings. The third kappa shape index (κ3) is 3.13. The summed E-state index contributed by atoms with van der Waals surface area (Å²) in [5.41, 5.74) is 1.04. The van der Waals surface area contributed by atoms with Crippen molar-refractivity contribution in [3.63, 3.8) is 0 Å². The molecule has 0 spiro atoms. The summed E-state index contributed by atoms with van der Waals surface area (Å²) in [6.45, 7) is 0.554. The summed E-state index contributed by atoms with van der Waals surface area (Å²) in [5.74, 6) is 0.823. The summed E-state index contributed by atoms with van der Waals surface area (Å²) in [5, 5.41) is -0.129. The summed E-state index contributed by atoms with van der Waals surface area (Å²) >= 11 is 3.85. The number of sulfonamides is 1. The number of rotatable bonds is 3.